The van der Waals surface area contributed by atoms with Crippen LogP contribution in [0.1, 0.15) is 24.8 Å². The molecule has 1 saturated heterocycles. The molecule has 0 amide bonds. The highest BCUT2D eigenvalue weighted by atomic mass is 35.5. The van der Waals surface area contributed by atoms with Gasteiger partial charge in [0.05, 0.1) is 15.4 Å². The predicted octanol–water partition coefficient (Wildman–Crippen LogP) is 2.49. The lowest BCUT2D eigenvalue weighted by molar-refractivity contribution is -0.115. The molecule has 1 aliphatic heterocycles. The first-order valence-corrected chi connectivity index (χ1v) is 9.23. The molecule has 1 fully saturated rings. The fourth-order valence-electron chi connectivity index (χ4n) is 3.50. The van der Waals surface area contributed by atoms with Crippen LogP contribution in [0.15, 0.2) is 36.8 Å². The second-order valence-electron chi connectivity index (χ2n) is 6.96. The van der Waals surface area contributed by atoms with Crippen molar-refractivity contribution in [3.8, 4) is 0 Å². The van der Waals surface area contributed by atoms with Crippen LogP contribution in [0, 0.1) is 0 Å². The first-order chi connectivity index (χ1) is 13.2. The third kappa shape index (κ3) is 3.55. The summed E-state index contributed by atoms with van der Waals surface area (Å²) in [5.41, 5.74) is 4.94. The van der Waals surface area contributed by atoms with Crippen molar-refractivity contribution in [1.82, 2.24) is 14.5 Å². The van der Waals surface area contributed by atoms with E-state index >= 15 is 0 Å². The van der Waals surface area contributed by atoms with E-state index in [1.165, 1.54) is 19.3 Å². The maximum atomic E-state index is 10.9. The van der Waals surface area contributed by atoms with E-state index in [-0.39, 0.29) is 23.2 Å². The van der Waals surface area contributed by atoms with Gasteiger partial charge in [0.1, 0.15) is 41.7 Å². The first kappa shape index (κ1) is 22.0. The highest BCUT2D eigenvalue weighted by molar-refractivity contribution is 6.42. The Balaban J connectivity index is 0.00000240. The maximum Gasteiger partial charge on any atom is 0.164 e. The molecule has 0 radical (unpaired) electrons. The molecule has 8 nitrogen and oxygen atoms in total. The van der Waals surface area contributed by atoms with Gasteiger partial charge in [-0.05, 0) is 30.7 Å². The van der Waals surface area contributed by atoms with E-state index in [4.69, 9.17) is 33.7 Å². The summed E-state index contributed by atoms with van der Waals surface area (Å²) in [5, 5.41) is 33.7. The van der Waals surface area contributed by atoms with Crippen molar-refractivity contribution in [2.75, 3.05) is 5.73 Å². The minimum atomic E-state index is -1.76. The number of fused-ring (bicyclic) bond motifs is 1. The van der Waals surface area contributed by atoms with Gasteiger partial charge in [0.15, 0.2) is 6.23 Å². The molecule has 156 valence electrons. The van der Waals surface area contributed by atoms with E-state index in [1.54, 1.807) is 29.0 Å². The third-order valence-corrected chi connectivity index (χ3v) is 5.86. The van der Waals surface area contributed by atoms with Gasteiger partial charge in [-0.1, -0.05) is 29.3 Å². The van der Waals surface area contributed by atoms with Crippen LogP contribution < -0.4 is 5.73 Å². The third-order valence-electron chi connectivity index (χ3n) is 5.12. The van der Waals surface area contributed by atoms with Gasteiger partial charge in [-0.15, -0.1) is 12.4 Å². The summed E-state index contributed by atoms with van der Waals surface area (Å²) in [6.07, 6.45) is -1.80. The van der Waals surface area contributed by atoms with Gasteiger partial charge < -0.3 is 30.4 Å². The molecule has 5 atom stereocenters. The molecular formula is C18H19Cl3N4O4. The molecule has 1 aromatic carbocycles. The van der Waals surface area contributed by atoms with Crippen LogP contribution in [0.2, 0.25) is 10.0 Å². The molecule has 4 rings (SSSR count). The van der Waals surface area contributed by atoms with E-state index in [1.807, 2.05) is 0 Å². The number of hydrogen-bond donors (Lipinski definition) is 4. The normalized spacial score (nSPS) is 27.7. The number of nitrogens with two attached hydrogens (primary N) is 1. The van der Waals surface area contributed by atoms with Crippen LogP contribution in [-0.2, 0) is 4.74 Å². The van der Waals surface area contributed by atoms with Crippen molar-refractivity contribution in [1.29, 1.82) is 0 Å². The summed E-state index contributed by atoms with van der Waals surface area (Å²) < 4.78 is 7.45. The minimum absolute atomic E-state index is 0. The zero-order chi connectivity index (χ0) is 20.2. The molecule has 0 aliphatic carbocycles. The monoisotopic (exact) mass is 460 g/mol. The van der Waals surface area contributed by atoms with Crippen molar-refractivity contribution < 1.29 is 20.1 Å². The second-order valence-corrected chi connectivity index (χ2v) is 7.77. The summed E-state index contributed by atoms with van der Waals surface area (Å²) in [7, 11) is 0. The number of nitrogen functional groups attached to an aromatic ring is 1. The van der Waals surface area contributed by atoms with Crippen LogP contribution >= 0.6 is 35.6 Å². The number of aliphatic hydroxyl groups is 3. The topological polar surface area (TPSA) is 127 Å². The van der Waals surface area contributed by atoms with Gasteiger partial charge >= 0.3 is 0 Å². The molecule has 0 bridgehead atoms. The number of ether oxygens (including phenoxy) is 1. The molecule has 11 heteroatoms. The highest BCUT2D eigenvalue weighted by Gasteiger charge is 2.55. The summed E-state index contributed by atoms with van der Waals surface area (Å²) in [4.78, 5) is 8.11. The number of halogens is 3. The number of anilines is 1. The molecular weight excluding hydrogens is 443 g/mol. The average molecular weight is 462 g/mol. The molecule has 29 heavy (non-hydrogen) atoms. The van der Waals surface area contributed by atoms with Gasteiger partial charge in [0, 0.05) is 6.20 Å². The maximum absolute atomic E-state index is 10.9. The predicted molar refractivity (Wildman–Crippen MR) is 111 cm³/mol. The van der Waals surface area contributed by atoms with Crippen LogP contribution in [0.3, 0.4) is 0 Å². The number of hydrogen-bond acceptors (Lipinski definition) is 7. The van der Waals surface area contributed by atoms with E-state index in [9.17, 15) is 15.3 Å². The summed E-state index contributed by atoms with van der Waals surface area (Å²) >= 11 is 12.0. The summed E-state index contributed by atoms with van der Waals surface area (Å²) in [6, 6.07) is 6.31. The molecule has 2 aromatic heterocycles. The number of aromatic nitrogens is 3. The summed E-state index contributed by atoms with van der Waals surface area (Å²) in [6.45, 7) is 1.40. The fourth-order valence-corrected chi connectivity index (χ4v) is 3.80. The van der Waals surface area contributed by atoms with E-state index in [0.29, 0.717) is 21.6 Å². The van der Waals surface area contributed by atoms with E-state index in [2.05, 4.69) is 9.97 Å². The van der Waals surface area contributed by atoms with Crippen LogP contribution in [0.25, 0.3) is 11.0 Å². The lowest BCUT2D eigenvalue weighted by Crippen LogP contribution is -2.47. The molecule has 3 aromatic rings. The number of rotatable bonds is 3. The summed E-state index contributed by atoms with van der Waals surface area (Å²) in [5.74, 6) is 0.287. The van der Waals surface area contributed by atoms with Gasteiger partial charge in [-0.2, -0.15) is 0 Å². The van der Waals surface area contributed by atoms with Crippen molar-refractivity contribution >= 4 is 52.5 Å². The lowest BCUT2D eigenvalue weighted by atomic mass is 9.88. The van der Waals surface area contributed by atoms with Crippen molar-refractivity contribution in [3.63, 3.8) is 0 Å². The first-order valence-electron chi connectivity index (χ1n) is 8.47. The average Bonchev–Trinajstić information content (AvgIpc) is 3.17. The largest absolute Gasteiger partial charge is 0.386 e. The quantitative estimate of drug-likeness (QED) is 0.472. The molecule has 3 heterocycles. The number of nitrogens with zero attached hydrogens (tertiary/aromatic N) is 3. The second kappa shape index (κ2) is 7.88. The van der Waals surface area contributed by atoms with E-state index in [0.717, 1.165) is 0 Å². The van der Waals surface area contributed by atoms with Gasteiger partial charge in [0.2, 0.25) is 0 Å². The molecule has 0 spiro atoms. The molecule has 5 N–H and O–H groups in total. The van der Waals surface area contributed by atoms with Crippen molar-refractivity contribution in [3.05, 3.63) is 52.4 Å². The Kier molecular flexibility index (Phi) is 5.99. The molecule has 1 aliphatic rings. The SMILES string of the molecule is C[C@@]1(O)[C@@H]([C@H](O)c2ccc(Cl)c(Cl)c2)O[C@@H](n2ccc3c(N)ncnc32)[C@@H]1O.Cl. The van der Waals surface area contributed by atoms with Crippen LogP contribution in [0.5, 0.6) is 0 Å². The Morgan fingerprint density at radius 1 is 1.24 bits per heavy atom. The van der Waals surface area contributed by atoms with Crippen LogP contribution in [-0.4, -0.2) is 47.7 Å². The number of aliphatic hydroxyl groups excluding tert-OH is 2. The molecule has 0 saturated carbocycles. The van der Waals surface area contributed by atoms with Crippen LogP contribution in [0.4, 0.5) is 5.82 Å². The Morgan fingerprint density at radius 2 is 1.97 bits per heavy atom. The molecule has 0 unspecified atom stereocenters. The Hall–Kier alpha value is -1.65. The standard InChI is InChI=1S/C18H18Cl2N4O4.ClH/c1-18(27)13(26)17(24-5-4-9-15(21)22-7-23-16(9)24)28-14(18)12(25)8-2-3-10(19)11(20)6-8;/h2-7,12-14,17,25-27H,1H3,(H2,21,22,23);1H/t12-,13+,14-,17-,18+;/m1./s1. The Morgan fingerprint density at radius 3 is 2.66 bits per heavy atom. The van der Waals surface area contributed by atoms with E-state index < -0.39 is 30.1 Å². The number of benzene rings is 1. The Bertz CT molecular complexity index is 1050. The zero-order valence-electron chi connectivity index (χ0n) is 15.1. The fraction of sp³-hybridized carbons (Fsp3) is 0.333. The smallest absolute Gasteiger partial charge is 0.164 e. The van der Waals surface area contributed by atoms with Crippen molar-refractivity contribution in [2.24, 2.45) is 0 Å². The lowest BCUT2D eigenvalue weighted by Gasteiger charge is -2.29. The van der Waals surface area contributed by atoms with Gasteiger partial charge in [-0.25, -0.2) is 9.97 Å². The van der Waals surface area contributed by atoms with Gasteiger partial charge in [-0.3, -0.25) is 0 Å². The zero-order valence-corrected chi connectivity index (χ0v) is 17.4. The minimum Gasteiger partial charge on any atom is -0.386 e. The highest BCUT2D eigenvalue weighted by Crippen LogP contribution is 2.44. The van der Waals surface area contributed by atoms with Gasteiger partial charge in [0.25, 0.3) is 0 Å². The Labute approximate surface area is 182 Å². The van der Waals surface area contributed by atoms with Crippen molar-refractivity contribution in [2.45, 2.75) is 37.1 Å².